The number of hydrogen-bond acceptors (Lipinski definition) is 5. The number of nitrogens with zero attached hydrogens (tertiary/aromatic N) is 3. The van der Waals surface area contributed by atoms with E-state index in [1.54, 1.807) is 4.57 Å². The van der Waals surface area contributed by atoms with E-state index >= 15 is 0 Å². The molecule has 2 aliphatic heterocycles. The SMILES string of the molecule is COc1cc(=O)n2c(c1C(=O)N1CCSCC1)CCN(CC(C)C)CC2. The Kier molecular flexibility index (Phi) is 6.29. The topological polar surface area (TPSA) is 54.8 Å². The minimum Gasteiger partial charge on any atom is -0.496 e. The first kappa shape index (κ1) is 19.3. The van der Waals surface area contributed by atoms with Crippen LogP contribution in [0.4, 0.5) is 0 Å². The molecule has 3 rings (SSSR count). The average Bonchev–Trinajstić information content (AvgIpc) is 2.84. The van der Waals surface area contributed by atoms with Crippen molar-refractivity contribution in [3.8, 4) is 5.75 Å². The number of hydrogen-bond donors (Lipinski definition) is 0. The van der Waals surface area contributed by atoms with Crippen molar-refractivity contribution in [1.29, 1.82) is 0 Å². The third kappa shape index (κ3) is 4.09. The second-order valence-corrected chi connectivity index (χ2v) is 8.60. The maximum atomic E-state index is 13.2. The first-order valence-electron chi connectivity index (χ1n) is 9.41. The summed E-state index contributed by atoms with van der Waals surface area (Å²) in [6.07, 6.45) is 0.697. The smallest absolute Gasteiger partial charge is 0.259 e. The van der Waals surface area contributed by atoms with Crippen molar-refractivity contribution in [3.05, 3.63) is 27.7 Å². The van der Waals surface area contributed by atoms with Gasteiger partial charge in [-0.1, -0.05) is 13.8 Å². The zero-order valence-corrected chi connectivity index (χ0v) is 16.8. The number of rotatable bonds is 4. The number of aromatic nitrogens is 1. The summed E-state index contributed by atoms with van der Waals surface area (Å²) in [4.78, 5) is 30.1. The number of fused-ring (bicyclic) bond motifs is 1. The van der Waals surface area contributed by atoms with Crippen LogP contribution in [-0.4, -0.2) is 71.6 Å². The lowest BCUT2D eigenvalue weighted by Gasteiger charge is -2.28. The molecule has 0 aromatic carbocycles. The van der Waals surface area contributed by atoms with Gasteiger partial charge in [-0.05, 0) is 5.92 Å². The predicted molar refractivity (Wildman–Crippen MR) is 105 cm³/mol. The Balaban J connectivity index is 1.97. The lowest BCUT2D eigenvalue weighted by atomic mass is 10.1. The monoisotopic (exact) mass is 379 g/mol. The molecule has 0 bridgehead atoms. The van der Waals surface area contributed by atoms with Crippen molar-refractivity contribution in [2.75, 3.05) is 51.3 Å². The summed E-state index contributed by atoms with van der Waals surface area (Å²) < 4.78 is 7.24. The molecule has 0 unspecified atom stereocenters. The van der Waals surface area contributed by atoms with Gasteiger partial charge in [-0.3, -0.25) is 9.59 Å². The Morgan fingerprint density at radius 3 is 2.58 bits per heavy atom. The van der Waals surface area contributed by atoms with E-state index in [0.717, 1.165) is 49.9 Å². The van der Waals surface area contributed by atoms with E-state index in [9.17, 15) is 9.59 Å². The highest BCUT2D eigenvalue weighted by atomic mass is 32.2. The highest BCUT2D eigenvalue weighted by Gasteiger charge is 2.29. The zero-order valence-electron chi connectivity index (χ0n) is 16.0. The van der Waals surface area contributed by atoms with Crippen molar-refractivity contribution in [1.82, 2.24) is 14.4 Å². The van der Waals surface area contributed by atoms with Crippen molar-refractivity contribution in [3.63, 3.8) is 0 Å². The second-order valence-electron chi connectivity index (χ2n) is 7.37. The van der Waals surface area contributed by atoms with Gasteiger partial charge in [0, 0.05) is 69.0 Å². The number of thioether (sulfide) groups is 1. The summed E-state index contributed by atoms with van der Waals surface area (Å²) in [5, 5.41) is 0. The Bertz CT molecular complexity index is 711. The Hall–Kier alpha value is -1.47. The molecule has 1 aromatic rings. The van der Waals surface area contributed by atoms with Crippen LogP contribution in [0.15, 0.2) is 10.9 Å². The molecule has 7 heteroatoms. The second kappa shape index (κ2) is 8.48. The molecular weight excluding hydrogens is 350 g/mol. The summed E-state index contributed by atoms with van der Waals surface area (Å²) in [5.74, 6) is 2.93. The van der Waals surface area contributed by atoms with Gasteiger partial charge in [0.1, 0.15) is 11.3 Å². The number of carbonyl (C=O) groups is 1. The first-order valence-corrected chi connectivity index (χ1v) is 10.6. The summed E-state index contributed by atoms with van der Waals surface area (Å²) in [6, 6.07) is 1.48. The number of pyridine rings is 1. The van der Waals surface area contributed by atoms with Gasteiger partial charge in [-0.2, -0.15) is 11.8 Å². The minimum absolute atomic E-state index is 0.00297. The van der Waals surface area contributed by atoms with Gasteiger partial charge in [0.2, 0.25) is 0 Å². The summed E-state index contributed by atoms with van der Waals surface area (Å²) in [6.45, 7) is 9.25. The van der Waals surface area contributed by atoms with Gasteiger partial charge >= 0.3 is 0 Å². The molecule has 0 atom stereocenters. The zero-order chi connectivity index (χ0) is 18.7. The average molecular weight is 380 g/mol. The molecule has 144 valence electrons. The molecule has 1 aromatic heterocycles. The van der Waals surface area contributed by atoms with Crippen LogP contribution in [-0.2, 0) is 13.0 Å². The molecule has 2 aliphatic rings. The fraction of sp³-hybridized carbons (Fsp3) is 0.684. The molecule has 0 N–H and O–H groups in total. The lowest BCUT2D eigenvalue weighted by Crippen LogP contribution is -2.39. The van der Waals surface area contributed by atoms with E-state index < -0.39 is 0 Å². The van der Waals surface area contributed by atoms with E-state index in [4.69, 9.17) is 4.74 Å². The fourth-order valence-electron chi connectivity index (χ4n) is 3.81. The normalized spacial score (nSPS) is 18.5. The predicted octanol–water partition coefficient (Wildman–Crippen LogP) is 1.56. The van der Waals surface area contributed by atoms with Gasteiger partial charge in [0.25, 0.3) is 11.5 Å². The van der Waals surface area contributed by atoms with E-state index in [1.165, 1.54) is 13.2 Å². The first-order chi connectivity index (χ1) is 12.5. The molecule has 26 heavy (non-hydrogen) atoms. The van der Waals surface area contributed by atoms with Crippen LogP contribution in [0.1, 0.15) is 29.9 Å². The standard InChI is InChI=1S/C19H29N3O3S/c1-14(2)13-20-5-4-15-18(19(24)21-8-10-26-11-9-21)16(25-3)12-17(23)22(15)7-6-20/h12,14H,4-11,13H2,1-3H3. The molecule has 1 saturated heterocycles. The summed E-state index contributed by atoms with van der Waals surface area (Å²) in [5.41, 5.74) is 1.35. The van der Waals surface area contributed by atoms with Gasteiger partial charge in [0.05, 0.1) is 7.11 Å². The molecule has 1 amide bonds. The molecule has 0 radical (unpaired) electrons. The maximum Gasteiger partial charge on any atom is 0.259 e. The van der Waals surface area contributed by atoms with Crippen molar-refractivity contribution >= 4 is 17.7 Å². The summed E-state index contributed by atoms with van der Waals surface area (Å²) in [7, 11) is 1.54. The quantitative estimate of drug-likeness (QED) is 0.795. The van der Waals surface area contributed by atoms with Crippen LogP contribution < -0.4 is 10.3 Å². The Labute approximate surface area is 159 Å². The molecule has 3 heterocycles. The van der Waals surface area contributed by atoms with Gasteiger partial charge in [-0.25, -0.2) is 0 Å². The number of carbonyl (C=O) groups excluding carboxylic acids is 1. The van der Waals surface area contributed by atoms with Crippen LogP contribution in [0.25, 0.3) is 0 Å². The van der Waals surface area contributed by atoms with E-state index in [0.29, 0.717) is 30.2 Å². The van der Waals surface area contributed by atoms with E-state index in [1.807, 2.05) is 16.7 Å². The Morgan fingerprint density at radius 2 is 1.92 bits per heavy atom. The molecule has 0 saturated carbocycles. The number of methoxy groups -OCH3 is 1. The summed E-state index contributed by atoms with van der Waals surface area (Å²) >= 11 is 1.87. The van der Waals surface area contributed by atoms with Gasteiger partial charge in [0.15, 0.2) is 0 Å². The molecule has 1 fully saturated rings. The van der Waals surface area contributed by atoms with Crippen LogP contribution in [0.2, 0.25) is 0 Å². The molecule has 0 spiro atoms. The van der Waals surface area contributed by atoms with E-state index in [-0.39, 0.29) is 11.5 Å². The van der Waals surface area contributed by atoms with Crippen LogP contribution in [0.5, 0.6) is 5.75 Å². The minimum atomic E-state index is -0.0750. The highest BCUT2D eigenvalue weighted by molar-refractivity contribution is 7.99. The van der Waals surface area contributed by atoms with Gasteiger partial charge < -0.3 is 19.1 Å². The fourth-order valence-corrected chi connectivity index (χ4v) is 4.71. The van der Waals surface area contributed by atoms with Gasteiger partial charge in [-0.15, -0.1) is 0 Å². The van der Waals surface area contributed by atoms with E-state index in [2.05, 4.69) is 18.7 Å². The number of ether oxygens (including phenoxy) is 1. The van der Waals surface area contributed by atoms with Crippen LogP contribution >= 0.6 is 11.8 Å². The highest BCUT2D eigenvalue weighted by Crippen LogP contribution is 2.25. The largest absolute Gasteiger partial charge is 0.496 e. The van der Waals surface area contributed by atoms with Crippen LogP contribution in [0.3, 0.4) is 0 Å². The maximum absolute atomic E-state index is 13.2. The lowest BCUT2D eigenvalue weighted by molar-refractivity contribution is 0.0766. The van der Waals surface area contributed by atoms with Crippen molar-refractivity contribution in [2.45, 2.75) is 26.8 Å². The van der Waals surface area contributed by atoms with Crippen LogP contribution in [0, 0.1) is 5.92 Å². The van der Waals surface area contributed by atoms with Crippen molar-refractivity contribution in [2.24, 2.45) is 5.92 Å². The molecule has 0 aliphatic carbocycles. The number of amides is 1. The molecule has 6 nitrogen and oxygen atoms in total. The Morgan fingerprint density at radius 1 is 1.19 bits per heavy atom. The van der Waals surface area contributed by atoms with Crippen molar-refractivity contribution < 1.29 is 9.53 Å². The molecular formula is C19H29N3O3S. The third-order valence-electron chi connectivity index (χ3n) is 5.04. The third-order valence-corrected chi connectivity index (χ3v) is 5.98.